The maximum Gasteiger partial charge on any atom is 0.341 e. The number of methoxy groups -OCH3 is 1. The summed E-state index contributed by atoms with van der Waals surface area (Å²) in [6.45, 7) is 8.59. The Bertz CT molecular complexity index is 1160. The topological polar surface area (TPSA) is 105 Å². The third-order valence-electron chi connectivity index (χ3n) is 4.99. The lowest BCUT2D eigenvalue weighted by Gasteiger charge is -2.11. The summed E-state index contributed by atoms with van der Waals surface area (Å²) in [5, 5.41) is 12.4. The van der Waals surface area contributed by atoms with Gasteiger partial charge in [-0.1, -0.05) is 23.9 Å². The average Bonchev–Trinajstić information content (AvgIpc) is 3.35. The Labute approximate surface area is 206 Å². The highest BCUT2D eigenvalue weighted by molar-refractivity contribution is 7.99. The maximum absolute atomic E-state index is 12.7. The SMILES string of the molecule is CCOC(=O)c1c(NC(=O)CSc2nnc(COc3ccccc3OC)n2CC)sc(C)c1C. The molecule has 3 aromatic rings. The summed E-state index contributed by atoms with van der Waals surface area (Å²) < 4.78 is 18.2. The standard InChI is InChI=1S/C23H28N4O5S2/c1-6-27-18(12-32-17-11-9-8-10-16(17)30-5)25-26-23(27)33-13-19(28)24-21-20(22(29)31-7-2)14(3)15(4)34-21/h8-11H,6-7,12-13H2,1-5H3,(H,24,28). The zero-order valence-corrected chi connectivity index (χ0v) is 21.5. The second-order valence-corrected chi connectivity index (χ2v) is 9.29. The van der Waals surface area contributed by atoms with Crippen molar-refractivity contribution in [2.45, 2.75) is 46.0 Å². The van der Waals surface area contributed by atoms with Gasteiger partial charge >= 0.3 is 5.97 Å². The number of amides is 1. The number of carbonyl (C=O) groups excluding carboxylic acids is 2. The Morgan fingerprint density at radius 3 is 2.56 bits per heavy atom. The molecule has 11 heteroatoms. The van der Waals surface area contributed by atoms with Crippen LogP contribution in [0.3, 0.4) is 0 Å². The van der Waals surface area contributed by atoms with Gasteiger partial charge < -0.3 is 24.1 Å². The first-order valence-electron chi connectivity index (χ1n) is 10.8. The van der Waals surface area contributed by atoms with Crippen molar-refractivity contribution in [1.29, 1.82) is 0 Å². The van der Waals surface area contributed by atoms with Crippen molar-refractivity contribution in [3.8, 4) is 11.5 Å². The van der Waals surface area contributed by atoms with Crippen LogP contribution in [-0.2, 0) is 22.7 Å². The summed E-state index contributed by atoms with van der Waals surface area (Å²) in [5.41, 5.74) is 1.23. The smallest absolute Gasteiger partial charge is 0.341 e. The van der Waals surface area contributed by atoms with E-state index in [1.54, 1.807) is 14.0 Å². The molecule has 2 aromatic heterocycles. The molecule has 34 heavy (non-hydrogen) atoms. The average molecular weight is 505 g/mol. The fourth-order valence-electron chi connectivity index (χ4n) is 3.19. The first kappa shape index (κ1) is 25.6. The predicted octanol–water partition coefficient (Wildman–Crippen LogP) is 4.47. The molecule has 1 N–H and O–H groups in total. The van der Waals surface area contributed by atoms with Gasteiger partial charge in [-0.05, 0) is 45.4 Å². The second-order valence-electron chi connectivity index (χ2n) is 7.13. The van der Waals surface area contributed by atoms with Crippen molar-refractivity contribution >= 4 is 40.0 Å². The number of hydrogen-bond acceptors (Lipinski definition) is 9. The first-order chi connectivity index (χ1) is 16.4. The van der Waals surface area contributed by atoms with Gasteiger partial charge in [0.25, 0.3) is 0 Å². The molecule has 3 rings (SSSR count). The molecule has 0 saturated heterocycles. The van der Waals surface area contributed by atoms with E-state index in [-0.39, 0.29) is 24.9 Å². The molecule has 0 aliphatic rings. The Hall–Kier alpha value is -3.05. The van der Waals surface area contributed by atoms with E-state index in [4.69, 9.17) is 14.2 Å². The highest BCUT2D eigenvalue weighted by Crippen LogP contribution is 2.33. The van der Waals surface area contributed by atoms with Gasteiger partial charge in [0.1, 0.15) is 11.6 Å². The molecule has 0 radical (unpaired) electrons. The minimum absolute atomic E-state index is 0.115. The van der Waals surface area contributed by atoms with Crippen LogP contribution in [0.25, 0.3) is 0 Å². The number of benzene rings is 1. The third kappa shape index (κ3) is 5.89. The highest BCUT2D eigenvalue weighted by Gasteiger charge is 2.22. The molecule has 0 aliphatic heterocycles. The van der Waals surface area contributed by atoms with Gasteiger partial charge in [0, 0.05) is 11.4 Å². The van der Waals surface area contributed by atoms with E-state index in [9.17, 15) is 9.59 Å². The van der Waals surface area contributed by atoms with Crippen molar-refractivity contribution < 1.29 is 23.8 Å². The minimum Gasteiger partial charge on any atom is -0.493 e. The van der Waals surface area contributed by atoms with E-state index in [2.05, 4.69) is 15.5 Å². The molecule has 1 aromatic carbocycles. The number of ether oxygens (including phenoxy) is 3. The molecular weight excluding hydrogens is 476 g/mol. The second kappa shape index (κ2) is 11.9. The number of esters is 1. The van der Waals surface area contributed by atoms with Gasteiger partial charge in [0.05, 0.1) is 25.0 Å². The maximum atomic E-state index is 12.7. The number of thiophene rings is 1. The van der Waals surface area contributed by atoms with Crippen molar-refractivity contribution in [3.05, 3.63) is 46.1 Å². The summed E-state index contributed by atoms with van der Waals surface area (Å²) in [6.07, 6.45) is 0. The molecule has 0 fully saturated rings. The van der Waals surface area contributed by atoms with Gasteiger partial charge in [-0.2, -0.15) is 0 Å². The zero-order chi connectivity index (χ0) is 24.7. The van der Waals surface area contributed by atoms with Gasteiger partial charge in [0.15, 0.2) is 22.5 Å². The molecule has 1 amide bonds. The number of para-hydroxylation sites is 2. The molecule has 0 saturated carbocycles. The molecule has 0 unspecified atom stereocenters. The van der Waals surface area contributed by atoms with Crippen molar-refractivity contribution in [2.75, 3.05) is 24.8 Å². The van der Waals surface area contributed by atoms with Crippen LogP contribution >= 0.6 is 23.1 Å². The normalized spacial score (nSPS) is 10.7. The zero-order valence-electron chi connectivity index (χ0n) is 19.8. The minimum atomic E-state index is -0.433. The molecule has 2 heterocycles. The van der Waals surface area contributed by atoms with Crippen LogP contribution in [0.5, 0.6) is 11.5 Å². The van der Waals surface area contributed by atoms with Crippen LogP contribution in [0, 0.1) is 13.8 Å². The number of thioether (sulfide) groups is 1. The van der Waals surface area contributed by atoms with Crippen LogP contribution < -0.4 is 14.8 Å². The number of carbonyl (C=O) groups is 2. The Morgan fingerprint density at radius 1 is 1.15 bits per heavy atom. The highest BCUT2D eigenvalue weighted by atomic mass is 32.2. The summed E-state index contributed by atoms with van der Waals surface area (Å²) in [4.78, 5) is 25.9. The number of aromatic nitrogens is 3. The lowest BCUT2D eigenvalue weighted by Crippen LogP contribution is -2.17. The fourth-order valence-corrected chi connectivity index (χ4v) is 5.07. The van der Waals surface area contributed by atoms with Gasteiger partial charge in [-0.3, -0.25) is 4.79 Å². The largest absolute Gasteiger partial charge is 0.493 e. The number of nitrogens with zero attached hydrogens (tertiary/aromatic N) is 3. The van der Waals surface area contributed by atoms with E-state index >= 15 is 0 Å². The fraction of sp³-hybridized carbons (Fsp3) is 0.391. The number of rotatable bonds is 11. The van der Waals surface area contributed by atoms with Crippen molar-refractivity contribution in [2.24, 2.45) is 0 Å². The van der Waals surface area contributed by atoms with E-state index in [1.807, 2.05) is 49.6 Å². The van der Waals surface area contributed by atoms with E-state index in [1.165, 1.54) is 23.1 Å². The van der Waals surface area contributed by atoms with Crippen LogP contribution in [0.2, 0.25) is 0 Å². The number of anilines is 1. The summed E-state index contributed by atoms with van der Waals surface area (Å²) in [6, 6.07) is 7.38. The molecule has 0 aliphatic carbocycles. The summed E-state index contributed by atoms with van der Waals surface area (Å²) >= 11 is 2.63. The molecule has 9 nitrogen and oxygen atoms in total. The van der Waals surface area contributed by atoms with Crippen LogP contribution in [0.15, 0.2) is 29.4 Å². The van der Waals surface area contributed by atoms with Crippen LogP contribution in [0.4, 0.5) is 5.00 Å². The lowest BCUT2D eigenvalue weighted by molar-refractivity contribution is -0.113. The van der Waals surface area contributed by atoms with E-state index in [0.29, 0.717) is 39.6 Å². The molecular formula is C23H28N4O5S2. The third-order valence-corrected chi connectivity index (χ3v) is 7.08. The number of aryl methyl sites for hydroxylation is 1. The van der Waals surface area contributed by atoms with E-state index < -0.39 is 5.97 Å². The lowest BCUT2D eigenvalue weighted by atomic mass is 10.1. The van der Waals surface area contributed by atoms with E-state index in [0.717, 1.165) is 10.4 Å². The van der Waals surface area contributed by atoms with Crippen molar-refractivity contribution in [3.63, 3.8) is 0 Å². The number of hydrogen-bond donors (Lipinski definition) is 1. The summed E-state index contributed by atoms with van der Waals surface area (Å²) in [5.74, 6) is 1.34. The summed E-state index contributed by atoms with van der Waals surface area (Å²) in [7, 11) is 1.59. The Balaban J connectivity index is 1.64. The van der Waals surface area contributed by atoms with Gasteiger partial charge in [-0.25, -0.2) is 4.79 Å². The first-order valence-corrected chi connectivity index (χ1v) is 12.6. The van der Waals surface area contributed by atoms with Crippen LogP contribution in [0.1, 0.15) is 40.5 Å². The monoisotopic (exact) mass is 504 g/mol. The Kier molecular flexibility index (Phi) is 8.94. The molecule has 0 atom stereocenters. The predicted molar refractivity (Wildman–Crippen MR) is 132 cm³/mol. The Morgan fingerprint density at radius 2 is 1.88 bits per heavy atom. The molecule has 0 spiro atoms. The van der Waals surface area contributed by atoms with Crippen molar-refractivity contribution in [1.82, 2.24) is 14.8 Å². The number of nitrogens with one attached hydrogen (secondary N) is 1. The van der Waals surface area contributed by atoms with Gasteiger partial charge in [0.2, 0.25) is 5.91 Å². The molecule has 0 bridgehead atoms. The quantitative estimate of drug-likeness (QED) is 0.301. The van der Waals surface area contributed by atoms with Gasteiger partial charge in [-0.15, -0.1) is 21.5 Å². The van der Waals surface area contributed by atoms with Crippen LogP contribution in [-0.4, -0.2) is 46.1 Å². The molecule has 182 valence electrons.